The molecule has 1 N–H and O–H groups in total. The predicted octanol–water partition coefficient (Wildman–Crippen LogP) is 0.910. The summed E-state index contributed by atoms with van der Waals surface area (Å²) in [5.41, 5.74) is 0.398. The highest BCUT2D eigenvalue weighted by Crippen LogP contribution is 2.25. The van der Waals surface area contributed by atoms with Crippen molar-refractivity contribution in [3.05, 3.63) is 18.2 Å². The van der Waals surface area contributed by atoms with Gasteiger partial charge in [0.2, 0.25) is 0 Å². The van der Waals surface area contributed by atoms with Crippen LogP contribution in [0.25, 0.3) is 0 Å². The van der Waals surface area contributed by atoms with Crippen LogP contribution in [0.2, 0.25) is 0 Å². The molecule has 1 unspecified atom stereocenters. The average Bonchev–Trinajstić information content (AvgIpc) is 2.16. The van der Waals surface area contributed by atoms with Crippen molar-refractivity contribution in [3.63, 3.8) is 0 Å². The third-order valence-electron chi connectivity index (χ3n) is 1.55. The first kappa shape index (κ1) is 10.8. The Balaban J connectivity index is 2.98. The van der Waals surface area contributed by atoms with Crippen LogP contribution in [0.4, 0.5) is 5.69 Å². The van der Waals surface area contributed by atoms with E-state index in [9.17, 15) is 8.76 Å². The van der Waals surface area contributed by atoms with Gasteiger partial charge in [-0.2, -0.15) is 0 Å². The zero-order chi connectivity index (χ0) is 10.6. The molecule has 0 bridgehead atoms. The summed E-state index contributed by atoms with van der Waals surface area (Å²) < 4.78 is 32.9. The molecule has 0 heterocycles. The van der Waals surface area contributed by atoms with Crippen LogP contribution >= 0.6 is 0 Å². The molecule has 14 heavy (non-hydrogen) atoms. The van der Waals surface area contributed by atoms with Crippen LogP contribution < -0.4 is 14.2 Å². The first-order chi connectivity index (χ1) is 6.65. The Morgan fingerprint density at radius 3 is 2.07 bits per heavy atom. The van der Waals surface area contributed by atoms with Crippen LogP contribution in [0.15, 0.2) is 18.2 Å². The highest BCUT2D eigenvalue weighted by molar-refractivity contribution is 7.80. The second-order valence-corrected chi connectivity index (χ2v) is 3.11. The monoisotopic (exact) mass is 216 g/mol. The molecule has 0 saturated carbocycles. The SMILES string of the molecule is COc1cc(NS(=O)[O-])cc(OC)c1. The fraction of sp³-hybridized carbons (Fsp3) is 0.250. The van der Waals surface area contributed by atoms with Gasteiger partial charge < -0.3 is 18.7 Å². The maximum Gasteiger partial charge on any atom is 0.124 e. The molecule has 1 aromatic carbocycles. The number of benzene rings is 1. The smallest absolute Gasteiger partial charge is 0.124 e. The third-order valence-corrected chi connectivity index (χ3v) is 1.95. The number of rotatable bonds is 4. The van der Waals surface area contributed by atoms with Gasteiger partial charge in [-0.25, -0.2) is 0 Å². The molecule has 1 aromatic rings. The van der Waals surface area contributed by atoms with Crippen LogP contribution in [-0.4, -0.2) is 23.0 Å². The van der Waals surface area contributed by atoms with Crippen molar-refractivity contribution in [3.8, 4) is 11.5 Å². The Morgan fingerprint density at radius 2 is 1.71 bits per heavy atom. The van der Waals surface area contributed by atoms with Gasteiger partial charge in [0.05, 0.1) is 19.9 Å². The molecular formula is C8H10NO4S-. The number of ether oxygens (including phenoxy) is 2. The van der Waals surface area contributed by atoms with Crippen molar-refractivity contribution in [1.29, 1.82) is 0 Å². The molecule has 0 radical (unpaired) electrons. The van der Waals surface area contributed by atoms with E-state index in [0.29, 0.717) is 17.2 Å². The molecule has 0 aliphatic carbocycles. The predicted molar refractivity (Wildman–Crippen MR) is 52.1 cm³/mol. The van der Waals surface area contributed by atoms with Crippen molar-refractivity contribution >= 4 is 17.0 Å². The van der Waals surface area contributed by atoms with Gasteiger partial charge >= 0.3 is 0 Å². The van der Waals surface area contributed by atoms with Gasteiger partial charge in [-0.05, 0) is 0 Å². The highest BCUT2D eigenvalue weighted by Gasteiger charge is 2.00. The van der Waals surface area contributed by atoms with Gasteiger partial charge in [0, 0.05) is 29.5 Å². The van der Waals surface area contributed by atoms with Gasteiger partial charge in [-0.15, -0.1) is 0 Å². The van der Waals surface area contributed by atoms with E-state index in [1.807, 2.05) is 0 Å². The number of hydrogen-bond donors (Lipinski definition) is 1. The molecule has 78 valence electrons. The van der Waals surface area contributed by atoms with Crippen molar-refractivity contribution in [2.75, 3.05) is 18.9 Å². The van der Waals surface area contributed by atoms with E-state index in [4.69, 9.17) is 9.47 Å². The number of hydrogen-bond acceptors (Lipinski definition) is 4. The summed E-state index contributed by atoms with van der Waals surface area (Å²) in [6.45, 7) is 0. The van der Waals surface area contributed by atoms with E-state index in [2.05, 4.69) is 4.72 Å². The van der Waals surface area contributed by atoms with Gasteiger partial charge in [0.25, 0.3) is 0 Å². The zero-order valence-electron chi connectivity index (χ0n) is 7.77. The molecule has 1 atom stereocenters. The minimum Gasteiger partial charge on any atom is -0.755 e. The summed E-state index contributed by atoms with van der Waals surface area (Å²) >= 11 is -2.35. The summed E-state index contributed by atoms with van der Waals surface area (Å²) in [7, 11) is 2.99. The Labute approximate surface area is 84.5 Å². The molecule has 0 fully saturated rings. The Kier molecular flexibility index (Phi) is 3.73. The van der Waals surface area contributed by atoms with E-state index in [1.165, 1.54) is 14.2 Å². The second kappa shape index (κ2) is 4.83. The quantitative estimate of drug-likeness (QED) is 0.759. The maximum atomic E-state index is 10.4. The van der Waals surface area contributed by atoms with Crippen molar-refractivity contribution in [1.82, 2.24) is 0 Å². The van der Waals surface area contributed by atoms with Crippen molar-refractivity contribution in [2.24, 2.45) is 0 Å². The fourth-order valence-electron chi connectivity index (χ4n) is 0.963. The van der Waals surface area contributed by atoms with Gasteiger partial charge in [-0.1, -0.05) is 0 Å². The first-order valence-corrected chi connectivity index (χ1v) is 4.82. The van der Waals surface area contributed by atoms with Gasteiger partial charge in [0.1, 0.15) is 11.5 Å². The third kappa shape index (κ3) is 2.90. The second-order valence-electron chi connectivity index (χ2n) is 2.44. The normalized spacial score (nSPS) is 11.9. The van der Waals surface area contributed by atoms with Gasteiger partial charge in [-0.3, -0.25) is 4.21 Å². The zero-order valence-corrected chi connectivity index (χ0v) is 8.59. The van der Waals surface area contributed by atoms with Crippen LogP contribution in [0.5, 0.6) is 11.5 Å². The number of nitrogens with one attached hydrogen (secondary N) is 1. The molecule has 0 aliphatic rings. The Bertz CT molecular complexity index is 320. The van der Waals surface area contributed by atoms with E-state index in [0.717, 1.165) is 0 Å². The average molecular weight is 216 g/mol. The topological polar surface area (TPSA) is 70.6 Å². The van der Waals surface area contributed by atoms with E-state index < -0.39 is 11.3 Å². The lowest BCUT2D eigenvalue weighted by Gasteiger charge is -2.11. The Hall–Kier alpha value is -1.27. The summed E-state index contributed by atoms with van der Waals surface area (Å²) in [6, 6.07) is 4.76. The van der Waals surface area contributed by atoms with Crippen molar-refractivity contribution in [2.45, 2.75) is 0 Å². The van der Waals surface area contributed by atoms with Gasteiger partial charge in [0.15, 0.2) is 0 Å². The molecule has 0 aliphatic heterocycles. The van der Waals surface area contributed by atoms with E-state index in [1.54, 1.807) is 18.2 Å². The standard InChI is InChI=1S/C8H11NO4S/c1-12-7-3-6(9-14(10)11)4-8(5-7)13-2/h3-5,9H,1-2H3,(H,10,11)/p-1. The molecule has 1 rings (SSSR count). The lowest BCUT2D eigenvalue weighted by atomic mass is 10.3. The Morgan fingerprint density at radius 1 is 1.21 bits per heavy atom. The van der Waals surface area contributed by atoms with E-state index in [-0.39, 0.29) is 0 Å². The largest absolute Gasteiger partial charge is 0.755 e. The first-order valence-electron chi connectivity index (χ1n) is 3.74. The molecule has 0 amide bonds. The summed E-state index contributed by atoms with van der Waals surface area (Å²) in [5, 5.41) is 0. The minimum absolute atomic E-state index is 0.398. The van der Waals surface area contributed by atoms with Crippen LogP contribution in [-0.2, 0) is 11.3 Å². The highest BCUT2D eigenvalue weighted by atomic mass is 32.2. The van der Waals surface area contributed by atoms with Crippen LogP contribution in [0, 0.1) is 0 Å². The lowest BCUT2D eigenvalue weighted by Crippen LogP contribution is -2.02. The maximum absolute atomic E-state index is 10.4. The molecule has 0 saturated heterocycles. The summed E-state index contributed by atoms with van der Waals surface area (Å²) in [5.74, 6) is 1.05. The van der Waals surface area contributed by atoms with Crippen LogP contribution in [0.1, 0.15) is 0 Å². The fourth-order valence-corrected chi connectivity index (χ4v) is 1.27. The number of methoxy groups -OCH3 is 2. The molecule has 6 heteroatoms. The molecule has 5 nitrogen and oxygen atoms in total. The molecular weight excluding hydrogens is 206 g/mol. The molecule has 0 aromatic heterocycles. The summed E-state index contributed by atoms with van der Waals surface area (Å²) in [4.78, 5) is 0. The molecule has 0 spiro atoms. The lowest BCUT2D eigenvalue weighted by molar-refractivity contribution is 0.395. The van der Waals surface area contributed by atoms with E-state index >= 15 is 0 Å². The van der Waals surface area contributed by atoms with Crippen molar-refractivity contribution < 1.29 is 18.2 Å². The van der Waals surface area contributed by atoms with Crippen LogP contribution in [0.3, 0.4) is 0 Å². The number of anilines is 1. The minimum atomic E-state index is -2.35. The summed E-state index contributed by atoms with van der Waals surface area (Å²) in [6.07, 6.45) is 0.